The molecule has 96 valence electrons. The van der Waals surface area contributed by atoms with Crippen LogP contribution in [-0.4, -0.2) is 24.4 Å². The Kier molecular flexibility index (Phi) is 2.59. The van der Waals surface area contributed by atoms with Crippen LogP contribution in [0.2, 0.25) is 0 Å². The van der Waals surface area contributed by atoms with E-state index in [1.807, 2.05) is 0 Å². The molecule has 0 aliphatic carbocycles. The number of fused-ring (bicyclic) bond motifs is 1. The Balaban J connectivity index is 1.88. The normalized spacial score (nSPS) is 25.4. The van der Waals surface area contributed by atoms with Gasteiger partial charge in [-0.2, -0.15) is 0 Å². The molecule has 0 saturated carbocycles. The largest absolute Gasteiger partial charge is 0.481 e. The smallest absolute Gasteiger partial charge is 0.307 e. The van der Waals surface area contributed by atoms with E-state index in [9.17, 15) is 9.18 Å². The summed E-state index contributed by atoms with van der Waals surface area (Å²) in [6.07, 6.45) is 0.381. The van der Waals surface area contributed by atoms with E-state index in [0.717, 1.165) is 0 Å². The van der Waals surface area contributed by atoms with E-state index in [2.05, 4.69) is 5.32 Å². The summed E-state index contributed by atoms with van der Waals surface area (Å²) in [6.45, 7) is 0.374. The molecule has 2 unspecified atom stereocenters. The van der Waals surface area contributed by atoms with Crippen molar-refractivity contribution in [1.82, 2.24) is 5.32 Å². The van der Waals surface area contributed by atoms with Gasteiger partial charge in [-0.3, -0.25) is 4.79 Å². The van der Waals surface area contributed by atoms with Crippen molar-refractivity contribution < 1.29 is 23.8 Å². The summed E-state index contributed by atoms with van der Waals surface area (Å²) < 4.78 is 24.3. The van der Waals surface area contributed by atoms with Crippen LogP contribution in [0, 0.1) is 11.7 Å². The molecule has 1 saturated heterocycles. The van der Waals surface area contributed by atoms with Crippen LogP contribution in [0.3, 0.4) is 0 Å². The van der Waals surface area contributed by atoms with Gasteiger partial charge in [0.1, 0.15) is 0 Å². The molecule has 6 heteroatoms. The summed E-state index contributed by atoms with van der Waals surface area (Å²) in [5.41, 5.74) is 0.433. The van der Waals surface area contributed by atoms with Gasteiger partial charge < -0.3 is 19.9 Å². The predicted octanol–water partition coefficient (Wildman–Crippen LogP) is 1.29. The second-order valence-electron chi connectivity index (χ2n) is 4.43. The number of halogens is 1. The Labute approximate surface area is 103 Å². The van der Waals surface area contributed by atoms with Crippen molar-refractivity contribution in [3.05, 3.63) is 23.5 Å². The van der Waals surface area contributed by atoms with Gasteiger partial charge in [0.15, 0.2) is 11.6 Å². The van der Waals surface area contributed by atoms with E-state index in [4.69, 9.17) is 14.6 Å². The molecule has 1 aromatic carbocycles. The summed E-state index contributed by atoms with van der Waals surface area (Å²) in [7, 11) is 0. The number of carboxylic acid groups (broad SMARTS) is 1. The maximum absolute atomic E-state index is 14.2. The van der Waals surface area contributed by atoms with Crippen LogP contribution in [0.5, 0.6) is 11.5 Å². The highest BCUT2D eigenvalue weighted by atomic mass is 19.1. The average Bonchev–Trinajstić information content (AvgIpc) is 2.97. The molecule has 2 N–H and O–H groups in total. The van der Waals surface area contributed by atoms with E-state index >= 15 is 0 Å². The molecule has 5 nitrogen and oxygen atoms in total. The second-order valence-corrected chi connectivity index (χ2v) is 4.43. The highest BCUT2D eigenvalue weighted by molar-refractivity contribution is 5.70. The molecule has 0 amide bonds. The average molecular weight is 253 g/mol. The van der Waals surface area contributed by atoms with Gasteiger partial charge in [0.05, 0.1) is 5.92 Å². The predicted molar refractivity (Wildman–Crippen MR) is 59.0 cm³/mol. The lowest BCUT2D eigenvalue weighted by molar-refractivity contribution is -0.141. The Hall–Kier alpha value is -1.82. The number of benzene rings is 1. The number of hydrogen-bond donors (Lipinski definition) is 2. The molecule has 2 atom stereocenters. The highest BCUT2D eigenvalue weighted by Gasteiger charge is 2.33. The van der Waals surface area contributed by atoms with Crippen molar-refractivity contribution in [2.75, 3.05) is 13.3 Å². The van der Waals surface area contributed by atoms with E-state index < -0.39 is 17.7 Å². The summed E-state index contributed by atoms with van der Waals surface area (Å²) in [5, 5.41) is 11.9. The van der Waals surface area contributed by atoms with Gasteiger partial charge in [0, 0.05) is 18.2 Å². The third kappa shape index (κ3) is 1.69. The van der Waals surface area contributed by atoms with Crippen molar-refractivity contribution in [3.8, 4) is 11.5 Å². The number of ether oxygens (including phenoxy) is 2. The molecule has 2 aliphatic heterocycles. The van der Waals surface area contributed by atoms with E-state index in [0.29, 0.717) is 24.3 Å². The van der Waals surface area contributed by atoms with Crippen molar-refractivity contribution in [2.45, 2.75) is 12.5 Å². The molecule has 2 aliphatic rings. The Morgan fingerprint density at radius 3 is 3.00 bits per heavy atom. The van der Waals surface area contributed by atoms with Gasteiger partial charge in [-0.15, -0.1) is 0 Å². The van der Waals surface area contributed by atoms with Crippen molar-refractivity contribution >= 4 is 5.97 Å². The number of carboxylic acids is 1. The zero-order valence-corrected chi connectivity index (χ0v) is 9.48. The zero-order chi connectivity index (χ0) is 12.7. The van der Waals surface area contributed by atoms with E-state index in [1.54, 1.807) is 12.1 Å². The summed E-state index contributed by atoms with van der Waals surface area (Å²) in [4.78, 5) is 10.9. The maximum Gasteiger partial charge on any atom is 0.307 e. The molecule has 3 rings (SSSR count). The lowest BCUT2D eigenvalue weighted by Crippen LogP contribution is -2.17. The van der Waals surface area contributed by atoms with Crippen LogP contribution in [0.15, 0.2) is 12.1 Å². The molecular weight excluding hydrogens is 241 g/mol. The molecule has 0 radical (unpaired) electrons. The summed E-state index contributed by atoms with van der Waals surface area (Å²) in [6, 6.07) is 2.97. The summed E-state index contributed by atoms with van der Waals surface area (Å²) in [5.74, 6) is -1.28. The molecule has 0 aromatic heterocycles. The number of hydrogen-bond acceptors (Lipinski definition) is 4. The van der Waals surface area contributed by atoms with Crippen LogP contribution < -0.4 is 14.8 Å². The number of carbonyl (C=O) groups is 1. The summed E-state index contributed by atoms with van der Waals surface area (Å²) >= 11 is 0. The topological polar surface area (TPSA) is 67.8 Å². The lowest BCUT2D eigenvalue weighted by atomic mass is 9.99. The third-order valence-corrected chi connectivity index (χ3v) is 3.36. The first-order chi connectivity index (χ1) is 8.66. The second kappa shape index (κ2) is 4.13. The fraction of sp³-hybridized carbons (Fsp3) is 0.417. The van der Waals surface area contributed by atoms with Crippen LogP contribution in [-0.2, 0) is 4.79 Å². The van der Waals surface area contributed by atoms with Gasteiger partial charge in [0.2, 0.25) is 12.5 Å². The van der Waals surface area contributed by atoms with E-state index in [-0.39, 0.29) is 18.6 Å². The number of aliphatic carboxylic acids is 1. The van der Waals surface area contributed by atoms with Crippen molar-refractivity contribution in [2.24, 2.45) is 5.92 Å². The molecule has 1 aromatic rings. The van der Waals surface area contributed by atoms with Gasteiger partial charge in [-0.1, -0.05) is 6.07 Å². The van der Waals surface area contributed by atoms with Crippen LogP contribution in [0.4, 0.5) is 4.39 Å². The molecule has 18 heavy (non-hydrogen) atoms. The molecule has 2 heterocycles. The SMILES string of the molecule is O=C(O)C1CNC(c2ccc3c(c2F)OCO3)C1. The Morgan fingerprint density at radius 1 is 1.44 bits per heavy atom. The molecule has 0 bridgehead atoms. The van der Waals surface area contributed by atoms with Gasteiger partial charge in [0.25, 0.3) is 0 Å². The van der Waals surface area contributed by atoms with Crippen molar-refractivity contribution in [3.63, 3.8) is 0 Å². The standard InChI is InChI=1S/C12H12FNO4/c13-10-7(1-2-9-11(10)18-5-17-9)8-3-6(4-14-8)12(15)16/h1-2,6,8,14H,3-5H2,(H,15,16). The van der Waals surface area contributed by atoms with Gasteiger partial charge in [-0.05, 0) is 12.5 Å². The molecule has 1 fully saturated rings. The molecular formula is C12H12FNO4. The Morgan fingerprint density at radius 2 is 2.28 bits per heavy atom. The first-order valence-corrected chi connectivity index (χ1v) is 5.71. The fourth-order valence-corrected chi connectivity index (χ4v) is 2.38. The van der Waals surface area contributed by atoms with Gasteiger partial charge in [-0.25, -0.2) is 4.39 Å². The zero-order valence-electron chi connectivity index (χ0n) is 9.48. The Bertz CT molecular complexity index is 505. The van der Waals surface area contributed by atoms with Crippen LogP contribution in [0.1, 0.15) is 18.0 Å². The van der Waals surface area contributed by atoms with Crippen LogP contribution >= 0.6 is 0 Å². The first kappa shape index (κ1) is 11.3. The number of rotatable bonds is 2. The van der Waals surface area contributed by atoms with Crippen LogP contribution in [0.25, 0.3) is 0 Å². The third-order valence-electron chi connectivity index (χ3n) is 3.36. The molecule has 0 spiro atoms. The minimum absolute atomic E-state index is 0.0194. The number of nitrogens with one attached hydrogen (secondary N) is 1. The minimum atomic E-state index is -0.855. The maximum atomic E-state index is 14.2. The monoisotopic (exact) mass is 253 g/mol. The quantitative estimate of drug-likeness (QED) is 0.831. The first-order valence-electron chi connectivity index (χ1n) is 5.71. The fourth-order valence-electron chi connectivity index (χ4n) is 2.38. The lowest BCUT2D eigenvalue weighted by Gasteiger charge is -2.12. The minimum Gasteiger partial charge on any atom is -0.481 e. The van der Waals surface area contributed by atoms with E-state index in [1.165, 1.54) is 0 Å². The van der Waals surface area contributed by atoms with Gasteiger partial charge >= 0.3 is 5.97 Å². The van der Waals surface area contributed by atoms with Crippen molar-refractivity contribution in [1.29, 1.82) is 0 Å². The highest BCUT2D eigenvalue weighted by Crippen LogP contribution is 2.40.